The number of hydrazone groups is 1. The molecule has 3 aromatic carbocycles. The number of methoxy groups -OCH3 is 1. The molecule has 0 spiro atoms. The Morgan fingerprint density at radius 3 is 2.09 bits per heavy atom. The third kappa shape index (κ3) is 7.41. The van der Waals surface area contributed by atoms with Gasteiger partial charge < -0.3 is 24.3 Å². The summed E-state index contributed by atoms with van der Waals surface area (Å²) in [6.45, 7) is 1.94. The van der Waals surface area contributed by atoms with E-state index in [1.807, 2.05) is 19.1 Å². The molecule has 4 aliphatic carbocycles. The number of anilines is 1. The molecule has 45 heavy (non-hydrogen) atoms. The van der Waals surface area contributed by atoms with Crippen LogP contribution in [0.3, 0.4) is 0 Å². The lowest BCUT2D eigenvalue weighted by Gasteiger charge is -2.57. The topological polar surface area (TPSA) is 107 Å². The van der Waals surface area contributed by atoms with Crippen LogP contribution in [0, 0.1) is 17.8 Å². The van der Waals surface area contributed by atoms with E-state index < -0.39 is 5.91 Å². The van der Waals surface area contributed by atoms with Gasteiger partial charge in [0.25, 0.3) is 11.8 Å². The Hall–Kier alpha value is -4.53. The molecule has 0 atom stereocenters. The number of benzene rings is 3. The number of carbonyl (C=O) groups excluding carboxylic acids is 2. The summed E-state index contributed by atoms with van der Waals surface area (Å²) >= 11 is 0. The van der Waals surface area contributed by atoms with Gasteiger partial charge in [-0.2, -0.15) is 5.10 Å². The molecular weight excluding hydrogens is 570 g/mol. The highest BCUT2D eigenvalue weighted by Gasteiger charge is 2.51. The van der Waals surface area contributed by atoms with Crippen LogP contribution in [-0.2, 0) is 15.0 Å². The first-order valence-electron chi connectivity index (χ1n) is 15.8. The van der Waals surface area contributed by atoms with E-state index in [4.69, 9.17) is 18.9 Å². The number of nitrogens with one attached hydrogen (secondary N) is 2. The number of carbonyl (C=O) groups is 2. The monoisotopic (exact) mass is 611 g/mol. The minimum Gasteiger partial charge on any atom is -0.497 e. The summed E-state index contributed by atoms with van der Waals surface area (Å²) in [4.78, 5) is 24.9. The Labute approximate surface area is 264 Å². The molecule has 0 unspecified atom stereocenters. The van der Waals surface area contributed by atoms with Crippen LogP contribution in [0.1, 0.15) is 56.6 Å². The van der Waals surface area contributed by atoms with E-state index in [1.54, 1.807) is 49.6 Å². The van der Waals surface area contributed by atoms with Crippen LogP contribution in [0.2, 0.25) is 0 Å². The maximum atomic E-state index is 12.8. The fourth-order valence-electron chi connectivity index (χ4n) is 7.74. The van der Waals surface area contributed by atoms with Crippen LogP contribution in [0.25, 0.3) is 0 Å². The molecule has 0 heterocycles. The van der Waals surface area contributed by atoms with Gasteiger partial charge in [0, 0.05) is 5.69 Å². The SMILES string of the molecule is CCOc1cc(/C=N/NC(=O)COc2ccc(OC)cc2)ccc1OCC(=O)Nc1ccc(C23CC4CC(CC(C4)C2)C3)cc1. The second kappa shape index (κ2) is 13.6. The molecule has 0 radical (unpaired) electrons. The molecule has 3 aromatic rings. The normalized spacial score (nSPS) is 23.0. The maximum absolute atomic E-state index is 12.8. The van der Waals surface area contributed by atoms with E-state index >= 15 is 0 Å². The van der Waals surface area contributed by atoms with Gasteiger partial charge in [0.05, 0.1) is 19.9 Å². The molecule has 7 rings (SSSR count). The third-order valence-corrected chi connectivity index (χ3v) is 9.28. The molecule has 4 fully saturated rings. The summed E-state index contributed by atoms with van der Waals surface area (Å²) in [6.07, 6.45) is 9.73. The van der Waals surface area contributed by atoms with Crippen molar-refractivity contribution in [2.45, 2.75) is 50.9 Å². The largest absolute Gasteiger partial charge is 0.497 e. The predicted octanol–water partition coefficient (Wildman–Crippen LogP) is 6.11. The van der Waals surface area contributed by atoms with Gasteiger partial charge in [0.2, 0.25) is 0 Å². The van der Waals surface area contributed by atoms with Gasteiger partial charge in [-0.1, -0.05) is 12.1 Å². The van der Waals surface area contributed by atoms with Gasteiger partial charge in [0.15, 0.2) is 24.7 Å². The van der Waals surface area contributed by atoms with E-state index in [9.17, 15) is 9.59 Å². The van der Waals surface area contributed by atoms with Crippen molar-refractivity contribution >= 4 is 23.7 Å². The zero-order chi connectivity index (χ0) is 31.2. The van der Waals surface area contributed by atoms with Crippen molar-refractivity contribution in [2.75, 3.05) is 32.2 Å². The number of hydrogen-bond donors (Lipinski definition) is 2. The standard InChI is InChI=1S/C36H41N3O6/c1-3-43-33-17-24(21-37-39-35(41)23-44-31-11-9-30(42-2)10-12-31)4-13-32(33)45-22-34(40)38-29-7-5-28(6-8-29)36-18-25-14-26(19-36)16-27(15-25)20-36/h4-13,17,21,25-27H,3,14-16,18-20,22-23H2,1-2H3,(H,38,40)(H,39,41)/b37-21+. The molecule has 2 amide bonds. The lowest BCUT2D eigenvalue weighted by atomic mass is 9.48. The molecule has 0 aliphatic heterocycles. The first-order chi connectivity index (χ1) is 21.9. The van der Waals surface area contributed by atoms with E-state index in [-0.39, 0.29) is 19.1 Å². The smallest absolute Gasteiger partial charge is 0.277 e. The van der Waals surface area contributed by atoms with E-state index in [1.165, 1.54) is 50.3 Å². The molecule has 4 saturated carbocycles. The van der Waals surface area contributed by atoms with Crippen LogP contribution in [0.5, 0.6) is 23.0 Å². The molecule has 2 N–H and O–H groups in total. The third-order valence-electron chi connectivity index (χ3n) is 9.28. The summed E-state index contributed by atoms with van der Waals surface area (Å²) < 4.78 is 22.1. The van der Waals surface area contributed by atoms with Gasteiger partial charge in [-0.25, -0.2) is 5.43 Å². The van der Waals surface area contributed by atoms with Gasteiger partial charge in [-0.05, 0) is 134 Å². The number of rotatable bonds is 13. The van der Waals surface area contributed by atoms with Crippen LogP contribution in [0.4, 0.5) is 5.69 Å². The molecule has 0 saturated heterocycles. The van der Waals surface area contributed by atoms with Crippen molar-refractivity contribution in [1.29, 1.82) is 0 Å². The highest BCUT2D eigenvalue weighted by atomic mass is 16.5. The number of hydrogen-bond acceptors (Lipinski definition) is 7. The molecule has 4 aliphatic rings. The van der Waals surface area contributed by atoms with Crippen molar-refractivity contribution in [3.05, 3.63) is 77.9 Å². The number of nitrogens with zero attached hydrogens (tertiary/aromatic N) is 1. The van der Waals surface area contributed by atoms with Crippen LogP contribution in [0.15, 0.2) is 71.8 Å². The minimum absolute atomic E-state index is 0.158. The minimum atomic E-state index is -0.402. The first-order valence-corrected chi connectivity index (χ1v) is 15.8. The molecule has 9 nitrogen and oxygen atoms in total. The summed E-state index contributed by atoms with van der Waals surface area (Å²) in [5.41, 5.74) is 5.67. The zero-order valence-corrected chi connectivity index (χ0v) is 25.9. The van der Waals surface area contributed by atoms with Gasteiger partial charge in [-0.3, -0.25) is 9.59 Å². The van der Waals surface area contributed by atoms with Crippen LogP contribution < -0.4 is 29.7 Å². The van der Waals surface area contributed by atoms with Gasteiger partial charge in [-0.15, -0.1) is 0 Å². The Morgan fingerprint density at radius 1 is 0.800 bits per heavy atom. The Balaban J connectivity index is 0.980. The van der Waals surface area contributed by atoms with Crippen molar-refractivity contribution in [2.24, 2.45) is 22.9 Å². The average molecular weight is 612 g/mol. The quantitative estimate of drug-likeness (QED) is 0.179. The summed E-state index contributed by atoms with van der Waals surface area (Å²) in [5, 5.41) is 6.96. The highest BCUT2D eigenvalue weighted by molar-refractivity contribution is 5.92. The van der Waals surface area contributed by atoms with Crippen molar-refractivity contribution in [1.82, 2.24) is 5.43 Å². The summed E-state index contributed by atoms with van der Waals surface area (Å²) in [7, 11) is 1.58. The first kappa shape index (κ1) is 30.5. The summed E-state index contributed by atoms with van der Waals surface area (Å²) in [6, 6.07) is 20.6. The predicted molar refractivity (Wildman–Crippen MR) is 172 cm³/mol. The fraction of sp³-hybridized carbons (Fsp3) is 0.417. The summed E-state index contributed by atoms with van der Waals surface area (Å²) in [5.74, 6) is 4.21. The van der Waals surface area contributed by atoms with Crippen LogP contribution >= 0.6 is 0 Å². The Bertz CT molecular complexity index is 1480. The van der Waals surface area contributed by atoms with Crippen LogP contribution in [-0.4, -0.2) is 45.0 Å². The Morgan fingerprint density at radius 2 is 1.44 bits per heavy atom. The second-order valence-corrected chi connectivity index (χ2v) is 12.5. The molecule has 0 aromatic heterocycles. The van der Waals surface area contributed by atoms with Gasteiger partial charge >= 0.3 is 0 Å². The van der Waals surface area contributed by atoms with Crippen molar-refractivity contribution < 1.29 is 28.5 Å². The van der Waals surface area contributed by atoms with E-state index in [2.05, 4.69) is 28.0 Å². The average Bonchev–Trinajstić information content (AvgIpc) is 3.03. The van der Waals surface area contributed by atoms with Crippen molar-refractivity contribution in [3.8, 4) is 23.0 Å². The lowest BCUT2D eigenvalue weighted by Crippen LogP contribution is -2.48. The maximum Gasteiger partial charge on any atom is 0.277 e. The molecule has 9 heteroatoms. The van der Waals surface area contributed by atoms with Gasteiger partial charge in [0.1, 0.15) is 11.5 Å². The zero-order valence-electron chi connectivity index (χ0n) is 25.9. The van der Waals surface area contributed by atoms with E-state index in [0.29, 0.717) is 40.6 Å². The molecule has 236 valence electrons. The molecule has 4 bridgehead atoms. The number of ether oxygens (including phenoxy) is 4. The Kier molecular flexibility index (Phi) is 9.23. The fourth-order valence-corrected chi connectivity index (χ4v) is 7.74. The number of amides is 2. The second-order valence-electron chi connectivity index (χ2n) is 12.5. The molecular formula is C36H41N3O6. The van der Waals surface area contributed by atoms with E-state index in [0.717, 1.165) is 23.4 Å². The lowest BCUT2D eigenvalue weighted by molar-refractivity contribution is -0.123. The van der Waals surface area contributed by atoms with Crippen molar-refractivity contribution in [3.63, 3.8) is 0 Å². The highest BCUT2D eigenvalue weighted by Crippen LogP contribution is 2.60.